The summed E-state index contributed by atoms with van der Waals surface area (Å²) in [7, 11) is 0. The van der Waals surface area contributed by atoms with E-state index < -0.39 is 37.2 Å². The second-order valence-corrected chi connectivity index (χ2v) is 10.9. The van der Waals surface area contributed by atoms with Crippen molar-refractivity contribution in [1.82, 2.24) is 14.9 Å². The van der Waals surface area contributed by atoms with Crippen molar-refractivity contribution in [2.24, 2.45) is 0 Å². The molecular formula is C33H31F2N5O5. The predicted molar refractivity (Wildman–Crippen MR) is 162 cm³/mol. The van der Waals surface area contributed by atoms with Gasteiger partial charge in [-0.3, -0.25) is 4.79 Å². The molecule has 3 N–H and O–H groups in total. The van der Waals surface area contributed by atoms with Crippen LogP contribution in [0.15, 0.2) is 60.9 Å². The first-order valence-electron chi connectivity index (χ1n) is 15.7. The number of ether oxygens (including phenoxy) is 3. The van der Waals surface area contributed by atoms with Crippen LogP contribution in [0.25, 0.3) is 11.3 Å². The first-order valence-corrected chi connectivity index (χ1v) is 14.2. The lowest BCUT2D eigenvalue weighted by Gasteiger charge is -2.19. The summed E-state index contributed by atoms with van der Waals surface area (Å²) in [6.07, 6.45) is 1.84. The number of anilines is 2. The van der Waals surface area contributed by atoms with E-state index in [1.54, 1.807) is 43.3 Å². The van der Waals surface area contributed by atoms with Gasteiger partial charge in [0.05, 0.1) is 18.7 Å². The SMILES string of the molecule is [2H]C([2H])([2H])N(CCOc1c(N)ncnc1-c1cc(F)cc(NC(=O)c2ccc3c(c2F)OCC32CC2)c1C)C(=O)OCc1ccccc1. The number of likely N-dealkylation sites (N-methyl/N-ethyl adjacent to an activating group) is 1. The normalized spacial score (nSPS) is 15.2. The van der Waals surface area contributed by atoms with E-state index in [-0.39, 0.29) is 58.5 Å². The molecule has 0 radical (unpaired) electrons. The summed E-state index contributed by atoms with van der Waals surface area (Å²) in [5, 5.41) is 2.58. The van der Waals surface area contributed by atoms with E-state index in [1.807, 2.05) is 0 Å². The quantitative estimate of drug-likeness (QED) is 0.247. The van der Waals surface area contributed by atoms with Crippen LogP contribution in [0.2, 0.25) is 0 Å². The summed E-state index contributed by atoms with van der Waals surface area (Å²) < 4.78 is 70.4. The fraction of sp³-hybridized carbons (Fsp3) is 0.273. The molecule has 1 aliphatic carbocycles. The maximum absolute atomic E-state index is 15.4. The zero-order valence-corrected chi connectivity index (χ0v) is 24.2. The summed E-state index contributed by atoms with van der Waals surface area (Å²) in [6.45, 7) is -1.84. The van der Waals surface area contributed by atoms with Crippen molar-refractivity contribution in [1.29, 1.82) is 0 Å². The Bertz CT molecular complexity index is 1890. The van der Waals surface area contributed by atoms with E-state index in [4.69, 9.17) is 24.1 Å². The van der Waals surface area contributed by atoms with Gasteiger partial charge in [0.1, 0.15) is 31.1 Å². The number of halogens is 2. The molecule has 2 aliphatic rings. The summed E-state index contributed by atoms with van der Waals surface area (Å²) in [4.78, 5) is 34.6. The maximum Gasteiger partial charge on any atom is 0.409 e. The zero-order chi connectivity index (χ0) is 34.2. The number of hydrogen-bond donors (Lipinski definition) is 2. The Morgan fingerprint density at radius 3 is 2.71 bits per heavy atom. The molecule has 12 heteroatoms. The number of nitrogens with one attached hydrogen (secondary N) is 1. The predicted octanol–water partition coefficient (Wildman–Crippen LogP) is 5.64. The topological polar surface area (TPSA) is 129 Å². The molecule has 0 bridgehead atoms. The number of nitrogens with zero attached hydrogens (tertiary/aromatic N) is 3. The highest BCUT2D eigenvalue weighted by atomic mass is 19.1. The first kappa shape index (κ1) is 26.2. The molecule has 4 aromatic rings. The second-order valence-electron chi connectivity index (χ2n) is 10.9. The molecule has 0 unspecified atom stereocenters. The zero-order valence-electron chi connectivity index (χ0n) is 27.2. The van der Waals surface area contributed by atoms with Crippen LogP contribution >= 0.6 is 0 Å². The fourth-order valence-corrected chi connectivity index (χ4v) is 5.24. The maximum atomic E-state index is 15.4. The number of nitrogen functional groups attached to an aromatic ring is 1. The van der Waals surface area contributed by atoms with Crippen LogP contribution < -0.4 is 20.5 Å². The highest BCUT2D eigenvalue weighted by Crippen LogP contribution is 2.56. The molecule has 232 valence electrons. The third-order valence-electron chi connectivity index (χ3n) is 7.95. The Hall–Kier alpha value is -5.26. The van der Waals surface area contributed by atoms with E-state index in [1.165, 1.54) is 6.07 Å². The van der Waals surface area contributed by atoms with Crippen molar-refractivity contribution >= 4 is 23.5 Å². The number of fused-ring (bicyclic) bond motifs is 2. The minimum atomic E-state index is -2.85. The Kier molecular flexibility index (Phi) is 6.99. The minimum Gasteiger partial charge on any atom is -0.489 e. The van der Waals surface area contributed by atoms with Gasteiger partial charge in [0.25, 0.3) is 5.91 Å². The van der Waals surface area contributed by atoms with Gasteiger partial charge < -0.3 is 30.2 Å². The summed E-state index contributed by atoms with van der Waals surface area (Å²) in [5.74, 6) is -2.53. The Morgan fingerprint density at radius 1 is 1.16 bits per heavy atom. The highest BCUT2D eigenvalue weighted by molar-refractivity contribution is 6.05. The molecule has 2 heterocycles. The van der Waals surface area contributed by atoms with Gasteiger partial charge in [-0.15, -0.1) is 0 Å². The summed E-state index contributed by atoms with van der Waals surface area (Å²) in [5.41, 5.74) is 7.66. The van der Waals surface area contributed by atoms with Crippen LogP contribution in [-0.2, 0) is 16.8 Å². The van der Waals surface area contributed by atoms with E-state index in [0.717, 1.165) is 36.9 Å². The fourth-order valence-electron chi connectivity index (χ4n) is 5.24. The summed E-state index contributed by atoms with van der Waals surface area (Å²) in [6, 6.07) is 14.1. The van der Waals surface area contributed by atoms with Crippen LogP contribution in [0.3, 0.4) is 0 Å². The molecule has 0 saturated heterocycles. The molecule has 10 nitrogen and oxygen atoms in total. The van der Waals surface area contributed by atoms with Crippen LogP contribution in [-0.4, -0.2) is 53.6 Å². The molecule has 45 heavy (non-hydrogen) atoms. The lowest BCUT2D eigenvalue weighted by molar-refractivity contribution is 0.0993. The number of aromatic nitrogens is 2. The van der Waals surface area contributed by atoms with Crippen LogP contribution in [0, 0.1) is 18.6 Å². The molecule has 1 fully saturated rings. The van der Waals surface area contributed by atoms with Crippen molar-refractivity contribution in [3.8, 4) is 22.8 Å². The largest absolute Gasteiger partial charge is 0.489 e. The Balaban J connectivity index is 1.20. The van der Waals surface area contributed by atoms with Gasteiger partial charge in [0.2, 0.25) is 0 Å². The molecule has 1 spiro atoms. The standard InChI is InChI=1S/C33H31F2N5O5/c1-19-23(14-21(34)15-25(19)39-31(41)22-8-9-24-28(26(22)35)45-17-33(24)10-11-33)27-29(30(36)38-18-37-27)43-13-12-40(2)32(42)44-16-20-6-4-3-5-7-20/h3-9,14-15,18H,10-13,16-17H2,1-2H3,(H,39,41)(H2,36,37,38)/i2D3. The third-order valence-corrected chi connectivity index (χ3v) is 7.95. The van der Waals surface area contributed by atoms with Crippen LogP contribution in [0.4, 0.5) is 25.1 Å². The molecule has 1 aromatic heterocycles. The number of carbonyl (C=O) groups excluding carboxylic acids is 2. The summed E-state index contributed by atoms with van der Waals surface area (Å²) >= 11 is 0. The van der Waals surface area contributed by atoms with Gasteiger partial charge >= 0.3 is 6.09 Å². The van der Waals surface area contributed by atoms with E-state index >= 15 is 8.78 Å². The number of benzene rings is 3. The lowest BCUT2D eigenvalue weighted by Crippen LogP contribution is -2.31. The van der Waals surface area contributed by atoms with Crippen LogP contribution in [0.1, 0.15) is 44.0 Å². The molecule has 1 saturated carbocycles. The number of nitrogens with two attached hydrogens (primary N) is 1. The van der Waals surface area contributed by atoms with Gasteiger partial charge in [-0.2, -0.15) is 0 Å². The third kappa shape index (κ3) is 5.95. The second kappa shape index (κ2) is 12.0. The first-order chi connectivity index (χ1) is 22.9. The van der Waals surface area contributed by atoms with Gasteiger partial charge in [0.15, 0.2) is 23.1 Å². The number of rotatable bonds is 9. The van der Waals surface area contributed by atoms with E-state index in [9.17, 15) is 9.59 Å². The number of hydrogen-bond acceptors (Lipinski definition) is 8. The Labute approximate surface area is 262 Å². The molecule has 0 atom stereocenters. The molecule has 6 rings (SSSR count). The monoisotopic (exact) mass is 618 g/mol. The van der Waals surface area contributed by atoms with E-state index in [0.29, 0.717) is 22.6 Å². The van der Waals surface area contributed by atoms with Gasteiger partial charge in [-0.1, -0.05) is 36.4 Å². The molecule has 1 aliphatic heterocycles. The van der Waals surface area contributed by atoms with Crippen molar-refractivity contribution in [2.45, 2.75) is 31.8 Å². The smallest absolute Gasteiger partial charge is 0.409 e. The van der Waals surface area contributed by atoms with Gasteiger partial charge in [-0.05, 0) is 49.1 Å². The van der Waals surface area contributed by atoms with Gasteiger partial charge in [-0.25, -0.2) is 23.5 Å². The van der Waals surface area contributed by atoms with Crippen molar-refractivity contribution in [3.63, 3.8) is 0 Å². The minimum absolute atomic E-state index is 0.0346. The van der Waals surface area contributed by atoms with Gasteiger partial charge in [0, 0.05) is 33.3 Å². The molecular weight excluding hydrogens is 584 g/mol. The van der Waals surface area contributed by atoms with Crippen molar-refractivity contribution in [3.05, 3.63) is 94.8 Å². The molecule has 2 amide bonds. The Morgan fingerprint density at radius 2 is 1.96 bits per heavy atom. The molecule has 3 aromatic carbocycles. The number of carbonyl (C=O) groups is 2. The lowest BCUT2D eigenvalue weighted by atomic mass is 9.96. The van der Waals surface area contributed by atoms with E-state index in [2.05, 4.69) is 15.3 Å². The average Bonchev–Trinajstić information content (AvgIpc) is 3.74. The van der Waals surface area contributed by atoms with Crippen molar-refractivity contribution in [2.75, 3.05) is 37.8 Å². The average molecular weight is 619 g/mol. The highest BCUT2D eigenvalue weighted by Gasteiger charge is 2.51. The number of amides is 2. The van der Waals surface area contributed by atoms with Crippen LogP contribution in [0.5, 0.6) is 11.5 Å². The van der Waals surface area contributed by atoms with Crippen molar-refractivity contribution < 1.29 is 36.7 Å².